The first-order chi connectivity index (χ1) is 8.48. The van der Waals surface area contributed by atoms with Crippen LogP contribution in [0.15, 0.2) is 28.4 Å². The normalized spacial score (nSPS) is 17.7. The van der Waals surface area contributed by atoms with Crippen LogP contribution >= 0.6 is 20.7 Å². The van der Waals surface area contributed by atoms with Crippen LogP contribution in [0.25, 0.3) is 0 Å². The number of benzene rings is 1. The lowest BCUT2D eigenvalue weighted by Crippen LogP contribution is -2.09. The van der Waals surface area contributed by atoms with Gasteiger partial charge < -0.3 is 5.32 Å². The lowest BCUT2D eigenvalue weighted by Gasteiger charge is -2.23. The highest BCUT2D eigenvalue weighted by Gasteiger charge is 2.20. The molecule has 0 unspecified atom stereocenters. The number of carbonyl (C=O) groups excluding carboxylic acids is 1. The number of carbonyl (C=O) groups is 1. The van der Waals surface area contributed by atoms with Crippen molar-refractivity contribution in [2.75, 3.05) is 5.32 Å². The molecule has 0 saturated heterocycles. The molecule has 1 aromatic rings. The van der Waals surface area contributed by atoms with Gasteiger partial charge in [-0.05, 0) is 24.1 Å². The van der Waals surface area contributed by atoms with E-state index in [9.17, 15) is 4.79 Å². The molecular weight excluding hydrogens is 266 g/mol. The molecule has 18 heavy (non-hydrogen) atoms. The smallest absolute Gasteiger partial charge is 0.221 e. The zero-order chi connectivity index (χ0) is 13.2. The molecule has 0 atom stereocenters. The second-order valence-electron chi connectivity index (χ2n) is 4.24. The van der Waals surface area contributed by atoms with Crippen LogP contribution in [0, 0.1) is 6.92 Å². The molecule has 0 aromatic heterocycles. The molecule has 1 N–H and O–H groups in total. The summed E-state index contributed by atoms with van der Waals surface area (Å²) in [6, 6.07) is 6.02. The van der Waals surface area contributed by atoms with Gasteiger partial charge in [0.2, 0.25) is 5.91 Å². The number of nitrogens with zero attached hydrogens (tertiary/aromatic N) is 2. The van der Waals surface area contributed by atoms with Crippen LogP contribution in [-0.4, -0.2) is 17.0 Å². The Morgan fingerprint density at radius 1 is 1.39 bits per heavy atom. The summed E-state index contributed by atoms with van der Waals surface area (Å²) in [5, 5.41) is 10.6. The Bertz CT molecular complexity index is 528. The zero-order valence-corrected chi connectivity index (χ0v) is 12.0. The van der Waals surface area contributed by atoms with E-state index in [-0.39, 0.29) is 5.91 Å². The van der Waals surface area contributed by atoms with Gasteiger partial charge in [0, 0.05) is 18.4 Å². The molecule has 4 nitrogen and oxygen atoms in total. The van der Waals surface area contributed by atoms with Gasteiger partial charge >= 0.3 is 0 Å². The number of amides is 1. The minimum atomic E-state index is -1.37. The highest BCUT2D eigenvalue weighted by molar-refractivity contribution is 8.98. The van der Waals surface area contributed by atoms with Crippen molar-refractivity contribution in [3.05, 3.63) is 29.3 Å². The number of aryl methyl sites for hydroxylation is 1. The van der Waals surface area contributed by atoms with Gasteiger partial charge in [-0.3, -0.25) is 4.79 Å². The van der Waals surface area contributed by atoms with Gasteiger partial charge in [-0.25, -0.2) is 0 Å². The first kappa shape index (κ1) is 13.2. The molecule has 1 heterocycles. The van der Waals surface area contributed by atoms with Crippen LogP contribution in [0.4, 0.5) is 5.69 Å². The van der Waals surface area contributed by atoms with Crippen LogP contribution in [0.3, 0.4) is 0 Å². The van der Waals surface area contributed by atoms with Crippen molar-refractivity contribution in [1.82, 2.24) is 0 Å². The molecule has 0 spiro atoms. The minimum absolute atomic E-state index is 0.0705. The number of rotatable bonds is 3. The fraction of sp³-hybridized carbons (Fsp3) is 0.250. The number of anilines is 1. The third-order valence-corrected chi connectivity index (χ3v) is 5.13. The lowest BCUT2D eigenvalue weighted by atomic mass is 10.1. The second kappa shape index (κ2) is 5.16. The van der Waals surface area contributed by atoms with Gasteiger partial charge in [0.25, 0.3) is 0 Å². The average Bonchev–Trinajstić information content (AvgIpc) is 2.69. The predicted octanol–water partition coefficient (Wildman–Crippen LogP) is 3.09. The monoisotopic (exact) mass is 281 g/mol. The van der Waals surface area contributed by atoms with Crippen LogP contribution in [0.5, 0.6) is 0 Å². The molecule has 96 valence electrons. The number of hydrogen-bond acceptors (Lipinski definition) is 4. The Labute approximate surface area is 113 Å². The highest BCUT2D eigenvalue weighted by atomic mass is 33.1. The molecule has 6 heteroatoms. The average molecular weight is 281 g/mol. The SMILES string of the molecule is CC(=O)Nc1cc(C)ccc1CS1(S)C=NN=C1. The summed E-state index contributed by atoms with van der Waals surface area (Å²) >= 11 is 4.63. The summed E-state index contributed by atoms with van der Waals surface area (Å²) in [5.41, 5.74) is 6.58. The Morgan fingerprint density at radius 3 is 2.67 bits per heavy atom. The van der Waals surface area contributed by atoms with Crippen LogP contribution < -0.4 is 5.32 Å². The van der Waals surface area contributed by atoms with Gasteiger partial charge in [-0.15, -0.1) is 20.7 Å². The standard InChI is InChI=1S/C12H15N3OS2/c1-9-3-4-11(12(5-9)15-10(2)16)6-18(17)7-13-14-8-18/h3-5,7-8,17H,6H2,1-2H3,(H,15,16). The van der Waals surface area contributed by atoms with Gasteiger partial charge in [-0.2, -0.15) is 10.2 Å². The third kappa shape index (κ3) is 3.14. The Balaban J connectivity index is 2.29. The maximum absolute atomic E-state index is 11.2. The fourth-order valence-corrected chi connectivity index (χ4v) is 3.75. The maximum atomic E-state index is 11.2. The molecule has 0 bridgehead atoms. The quantitative estimate of drug-likeness (QED) is 0.649. The molecule has 0 saturated carbocycles. The van der Waals surface area contributed by atoms with Gasteiger partial charge in [0.15, 0.2) is 0 Å². The van der Waals surface area contributed by atoms with Crippen molar-refractivity contribution in [2.24, 2.45) is 10.2 Å². The van der Waals surface area contributed by atoms with E-state index in [1.807, 2.05) is 25.1 Å². The molecule has 0 fully saturated rings. The Hall–Kier alpha value is -1.27. The van der Waals surface area contributed by atoms with Crippen LogP contribution in [0.1, 0.15) is 18.1 Å². The molecule has 1 amide bonds. The topological polar surface area (TPSA) is 53.8 Å². The van der Waals surface area contributed by atoms with Gasteiger partial charge in [0.1, 0.15) is 0 Å². The summed E-state index contributed by atoms with van der Waals surface area (Å²) in [6.07, 6.45) is 0. The van der Waals surface area contributed by atoms with E-state index in [1.165, 1.54) is 6.92 Å². The summed E-state index contributed by atoms with van der Waals surface area (Å²) in [4.78, 5) is 11.2. The van der Waals surface area contributed by atoms with Crippen LogP contribution in [-0.2, 0) is 10.5 Å². The Morgan fingerprint density at radius 2 is 2.06 bits per heavy atom. The first-order valence-corrected chi connectivity index (χ1v) is 8.44. The van der Waals surface area contributed by atoms with Gasteiger partial charge in [-0.1, -0.05) is 12.1 Å². The summed E-state index contributed by atoms with van der Waals surface area (Å²) in [7, 11) is -1.37. The van der Waals surface area contributed by atoms with E-state index >= 15 is 0 Å². The molecule has 1 aliphatic rings. The van der Waals surface area contributed by atoms with Crippen LogP contribution in [0.2, 0.25) is 0 Å². The van der Waals surface area contributed by atoms with Crippen molar-refractivity contribution in [1.29, 1.82) is 0 Å². The fourth-order valence-electron chi connectivity index (χ4n) is 1.69. The molecule has 2 rings (SSSR count). The molecule has 1 aromatic carbocycles. The molecular formula is C12H15N3OS2. The van der Waals surface area contributed by atoms with Crippen molar-refractivity contribution in [2.45, 2.75) is 19.6 Å². The van der Waals surface area contributed by atoms with Gasteiger partial charge in [0.05, 0.1) is 11.1 Å². The van der Waals surface area contributed by atoms with Crippen molar-refractivity contribution in [3.63, 3.8) is 0 Å². The number of nitrogens with one attached hydrogen (secondary N) is 1. The van der Waals surface area contributed by atoms with E-state index in [0.717, 1.165) is 22.6 Å². The third-order valence-electron chi connectivity index (χ3n) is 2.49. The van der Waals surface area contributed by atoms with Crippen molar-refractivity contribution >= 4 is 43.4 Å². The van der Waals surface area contributed by atoms with E-state index in [1.54, 1.807) is 11.1 Å². The summed E-state index contributed by atoms with van der Waals surface area (Å²) < 4.78 is 0. The summed E-state index contributed by atoms with van der Waals surface area (Å²) in [6.45, 7) is 3.50. The van der Waals surface area contributed by atoms with E-state index in [4.69, 9.17) is 0 Å². The minimum Gasteiger partial charge on any atom is -0.326 e. The number of thiol groups is 1. The zero-order valence-electron chi connectivity index (χ0n) is 10.3. The van der Waals surface area contributed by atoms with Crippen molar-refractivity contribution in [3.8, 4) is 0 Å². The van der Waals surface area contributed by atoms with Crippen molar-refractivity contribution < 1.29 is 4.79 Å². The molecule has 0 aliphatic carbocycles. The largest absolute Gasteiger partial charge is 0.326 e. The lowest BCUT2D eigenvalue weighted by molar-refractivity contribution is -0.114. The Kier molecular flexibility index (Phi) is 3.77. The maximum Gasteiger partial charge on any atom is 0.221 e. The second-order valence-corrected chi connectivity index (χ2v) is 8.61. The first-order valence-electron chi connectivity index (χ1n) is 5.45. The van der Waals surface area contributed by atoms with E-state index in [0.29, 0.717) is 0 Å². The van der Waals surface area contributed by atoms with E-state index in [2.05, 4.69) is 27.2 Å². The predicted molar refractivity (Wildman–Crippen MR) is 82.7 cm³/mol. The molecule has 1 aliphatic heterocycles. The van der Waals surface area contributed by atoms with E-state index < -0.39 is 9.06 Å². The number of hydrogen-bond donors (Lipinski definition) is 2. The highest BCUT2D eigenvalue weighted by Crippen LogP contribution is 2.53. The summed E-state index contributed by atoms with van der Waals surface area (Å²) in [5.74, 6) is 0.651. The molecule has 0 radical (unpaired) electrons.